The molecule has 2 aromatic carbocycles. The molecule has 0 bridgehead atoms. The second-order valence-corrected chi connectivity index (χ2v) is 6.85. The molecule has 132 valence electrons. The van der Waals surface area contributed by atoms with E-state index in [2.05, 4.69) is 42.4 Å². The van der Waals surface area contributed by atoms with Gasteiger partial charge in [0.2, 0.25) is 0 Å². The van der Waals surface area contributed by atoms with Crippen molar-refractivity contribution in [3.05, 3.63) is 49.9 Å². The molecule has 2 N–H and O–H groups in total. The molecule has 9 heteroatoms. The van der Waals surface area contributed by atoms with Crippen LogP contribution in [0.1, 0.15) is 5.56 Å². The number of rotatable bonds is 6. The van der Waals surface area contributed by atoms with Crippen molar-refractivity contribution in [1.29, 1.82) is 0 Å². The van der Waals surface area contributed by atoms with Gasteiger partial charge in [0.15, 0.2) is 6.61 Å². The van der Waals surface area contributed by atoms with Crippen LogP contribution >= 0.6 is 43.5 Å². The fraction of sp³-hybridized carbons (Fsp3) is 0.125. The summed E-state index contributed by atoms with van der Waals surface area (Å²) in [7, 11) is 1.56. The van der Waals surface area contributed by atoms with E-state index in [1.54, 1.807) is 31.4 Å². The van der Waals surface area contributed by atoms with Gasteiger partial charge in [-0.3, -0.25) is 4.79 Å². The summed E-state index contributed by atoms with van der Waals surface area (Å²) in [6.07, 6.45) is 1.28. The van der Waals surface area contributed by atoms with Crippen molar-refractivity contribution in [2.45, 2.75) is 0 Å². The van der Waals surface area contributed by atoms with Gasteiger partial charge in [-0.15, -0.1) is 0 Å². The quantitative estimate of drug-likeness (QED) is 0.470. The first-order valence-corrected chi connectivity index (χ1v) is 8.83. The lowest BCUT2D eigenvalue weighted by molar-refractivity contribution is -0.123. The van der Waals surface area contributed by atoms with Crippen LogP contribution in [0.5, 0.6) is 17.2 Å². The normalized spacial score (nSPS) is 10.7. The number of nitrogens with one attached hydrogen (secondary N) is 1. The molecule has 2 aromatic rings. The third kappa shape index (κ3) is 5.62. The maximum Gasteiger partial charge on any atom is 0.277 e. The number of nitrogens with zero attached hydrogens (tertiary/aromatic N) is 1. The molecule has 25 heavy (non-hydrogen) atoms. The van der Waals surface area contributed by atoms with Gasteiger partial charge < -0.3 is 14.6 Å². The molecule has 6 nitrogen and oxygen atoms in total. The molecule has 0 saturated heterocycles. The number of hydrogen-bond donors (Lipinski definition) is 2. The van der Waals surface area contributed by atoms with Gasteiger partial charge in [-0.2, -0.15) is 5.10 Å². The largest absolute Gasteiger partial charge is 0.506 e. The number of hydrogen-bond acceptors (Lipinski definition) is 5. The summed E-state index contributed by atoms with van der Waals surface area (Å²) in [4.78, 5) is 11.8. The van der Waals surface area contributed by atoms with E-state index >= 15 is 0 Å². The summed E-state index contributed by atoms with van der Waals surface area (Å²) in [5.41, 5.74) is 2.67. The van der Waals surface area contributed by atoms with Crippen LogP contribution in [0.4, 0.5) is 0 Å². The van der Waals surface area contributed by atoms with E-state index < -0.39 is 5.91 Å². The van der Waals surface area contributed by atoms with Crippen molar-refractivity contribution in [3.63, 3.8) is 0 Å². The molecular formula is C16H13Br2ClN2O4. The molecule has 0 aliphatic carbocycles. The third-order valence-electron chi connectivity index (χ3n) is 2.95. The second-order valence-electron chi connectivity index (χ2n) is 4.70. The fourth-order valence-corrected chi connectivity index (χ4v) is 3.07. The van der Waals surface area contributed by atoms with Crippen molar-refractivity contribution < 1.29 is 19.4 Å². The van der Waals surface area contributed by atoms with Gasteiger partial charge in [0.25, 0.3) is 5.91 Å². The zero-order chi connectivity index (χ0) is 18.4. The van der Waals surface area contributed by atoms with Crippen molar-refractivity contribution in [2.75, 3.05) is 13.7 Å². The first-order chi connectivity index (χ1) is 11.9. The third-order valence-corrected chi connectivity index (χ3v) is 4.39. The van der Waals surface area contributed by atoms with E-state index in [1.165, 1.54) is 12.3 Å². The maximum absolute atomic E-state index is 11.8. The molecule has 0 unspecified atom stereocenters. The van der Waals surface area contributed by atoms with Crippen molar-refractivity contribution >= 4 is 55.6 Å². The van der Waals surface area contributed by atoms with Crippen LogP contribution in [-0.2, 0) is 4.79 Å². The van der Waals surface area contributed by atoms with Crippen molar-refractivity contribution in [3.8, 4) is 17.2 Å². The lowest BCUT2D eigenvalue weighted by atomic mass is 10.2. The number of phenolic OH excluding ortho intramolecular Hbond substituents is 1. The number of aromatic hydroxyl groups is 1. The van der Waals surface area contributed by atoms with Crippen LogP contribution < -0.4 is 14.9 Å². The van der Waals surface area contributed by atoms with Crippen LogP contribution in [0.15, 0.2) is 44.4 Å². The van der Waals surface area contributed by atoms with E-state index in [-0.39, 0.29) is 12.4 Å². The molecule has 0 saturated carbocycles. The topological polar surface area (TPSA) is 80.2 Å². The number of carbonyl (C=O) groups is 1. The second kappa shape index (κ2) is 9.07. The van der Waals surface area contributed by atoms with Crippen LogP contribution in [0.25, 0.3) is 0 Å². The Morgan fingerprint density at radius 2 is 2.08 bits per heavy atom. The Bertz CT molecular complexity index is 815. The van der Waals surface area contributed by atoms with Crippen LogP contribution in [0.3, 0.4) is 0 Å². The standard InChI is InChI=1S/C16H13Br2ClN2O4/c1-24-11-2-3-14(12(17)6-11)25-8-15(22)21-20-7-9-4-10(19)5-13(18)16(9)23/h2-7,23H,8H2,1H3,(H,21,22)/b20-7-. The molecule has 1 amide bonds. The zero-order valence-electron chi connectivity index (χ0n) is 12.9. The van der Waals surface area contributed by atoms with Gasteiger partial charge in [-0.05, 0) is 62.2 Å². The zero-order valence-corrected chi connectivity index (χ0v) is 16.9. The highest BCUT2D eigenvalue weighted by molar-refractivity contribution is 9.10. The molecule has 0 spiro atoms. The fourth-order valence-electron chi connectivity index (χ4n) is 1.76. The highest BCUT2D eigenvalue weighted by Gasteiger charge is 2.08. The predicted octanol–water partition coefficient (Wildman–Crippen LogP) is 4.11. The minimum absolute atomic E-state index is 0.0270. The molecular weight excluding hydrogens is 479 g/mol. The summed E-state index contributed by atoms with van der Waals surface area (Å²) in [6, 6.07) is 8.19. The molecule has 0 aliphatic heterocycles. The van der Waals surface area contributed by atoms with Gasteiger partial charge in [0.05, 0.1) is 22.3 Å². The minimum atomic E-state index is -0.459. The van der Waals surface area contributed by atoms with Gasteiger partial charge in [-0.1, -0.05) is 11.6 Å². The van der Waals surface area contributed by atoms with E-state index in [0.29, 0.717) is 31.0 Å². The Labute approximate surface area is 166 Å². The van der Waals surface area contributed by atoms with E-state index in [4.69, 9.17) is 21.1 Å². The molecule has 0 atom stereocenters. The Balaban J connectivity index is 1.91. The van der Waals surface area contributed by atoms with Crippen LogP contribution in [0, 0.1) is 0 Å². The molecule has 0 fully saturated rings. The first kappa shape index (κ1) is 19.6. The summed E-state index contributed by atoms with van der Waals surface area (Å²) >= 11 is 12.4. The Hall–Kier alpha value is -1.77. The minimum Gasteiger partial charge on any atom is -0.506 e. The summed E-state index contributed by atoms with van der Waals surface area (Å²) in [5, 5.41) is 14.1. The highest BCUT2D eigenvalue weighted by atomic mass is 79.9. The number of halogens is 3. The SMILES string of the molecule is COc1ccc(OCC(=O)N/N=C\c2cc(Cl)cc(Br)c2O)c(Br)c1. The summed E-state index contributed by atoms with van der Waals surface area (Å²) < 4.78 is 11.6. The molecule has 0 radical (unpaired) electrons. The number of carbonyl (C=O) groups excluding carboxylic acids is 1. The van der Waals surface area contributed by atoms with E-state index in [0.717, 1.165) is 0 Å². The van der Waals surface area contributed by atoms with E-state index in [9.17, 15) is 9.90 Å². The van der Waals surface area contributed by atoms with Crippen molar-refractivity contribution in [1.82, 2.24) is 5.43 Å². The van der Waals surface area contributed by atoms with Gasteiger partial charge in [0, 0.05) is 10.6 Å². The Morgan fingerprint density at radius 3 is 2.76 bits per heavy atom. The first-order valence-electron chi connectivity index (χ1n) is 6.87. The Kier molecular flexibility index (Phi) is 7.10. The van der Waals surface area contributed by atoms with Gasteiger partial charge in [0.1, 0.15) is 17.2 Å². The van der Waals surface area contributed by atoms with Gasteiger partial charge >= 0.3 is 0 Å². The van der Waals surface area contributed by atoms with Crippen molar-refractivity contribution in [2.24, 2.45) is 5.10 Å². The number of methoxy groups -OCH3 is 1. The average Bonchev–Trinajstić information content (AvgIpc) is 2.57. The Morgan fingerprint density at radius 1 is 1.32 bits per heavy atom. The van der Waals surface area contributed by atoms with Crippen LogP contribution in [-0.4, -0.2) is 30.9 Å². The molecule has 0 aliphatic rings. The highest BCUT2D eigenvalue weighted by Crippen LogP contribution is 2.30. The van der Waals surface area contributed by atoms with Gasteiger partial charge in [-0.25, -0.2) is 5.43 Å². The summed E-state index contributed by atoms with van der Waals surface area (Å²) in [5.74, 6) is 0.678. The lowest BCUT2D eigenvalue weighted by Crippen LogP contribution is -2.24. The number of benzene rings is 2. The van der Waals surface area contributed by atoms with Crippen LogP contribution in [0.2, 0.25) is 5.02 Å². The molecule has 2 rings (SSSR count). The maximum atomic E-state index is 11.8. The average molecular weight is 493 g/mol. The number of amides is 1. The van der Waals surface area contributed by atoms with E-state index in [1.807, 2.05) is 0 Å². The lowest BCUT2D eigenvalue weighted by Gasteiger charge is -2.08. The predicted molar refractivity (Wildman–Crippen MR) is 103 cm³/mol. The monoisotopic (exact) mass is 490 g/mol. The smallest absolute Gasteiger partial charge is 0.277 e. The summed E-state index contributed by atoms with van der Waals surface area (Å²) in [6.45, 7) is -0.229. The number of phenols is 1. The number of ether oxygens (including phenoxy) is 2. The molecule has 0 heterocycles. The number of hydrazone groups is 1. The molecule has 0 aromatic heterocycles.